The minimum Gasteiger partial charge on any atom is -0.439 e. The van der Waals surface area contributed by atoms with Crippen molar-refractivity contribution in [3.8, 4) is 11.6 Å². The Bertz CT molecular complexity index is 1250. The zero-order valence-electron chi connectivity index (χ0n) is 23.1. The number of ether oxygens (including phenoxy) is 2. The predicted octanol–water partition coefficient (Wildman–Crippen LogP) is 3.15. The van der Waals surface area contributed by atoms with Crippen LogP contribution in [0.15, 0.2) is 54.9 Å². The topological polar surface area (TPSA) is 135 Å². The molecule has 0 unspecified atom stereocenters. The Hall–Kier alpha value is -4.03. The number of hydrogen-bond donors (Lipinski definition) is 2. The van der Waals surface area contributed by atoms with Crippen LogP contribution in [0.5, 0.6) is 11.6 Å². The predicted molar refractivity (Wildman–Crippen MR) is 148 cm³/mol. The molecule has 0 spiro atoms. The highest BCUT2D eigenvalue weighted by molar-refractivity contribution is 5.89. The van der Waals surface area contributed by atoms with E-state index >= 15 is 0 Å². The van der Waals surface area contributed by atoms with Gasteiger partial charge in [0.05, 0.1) is 31.6 Å². The Kier molecular flexibility index (Phi) is 10.0. The van der Waals surface area contributed by atoms with E-state index in [-0.39, 0.29) is 43.7 Å². The SMILES string of the molecule is C[C@H]1CN([C@@H](C)CO)C(=O)CCCn2cc(nn2)CO[C@@H]1CN(C)C(=O)Nc1cccc(Oc2ccccn2)c1. The number of hydrogen-bond acceptors (Lipinski definition) is 8. The van der Waals surface area contributed by atoms with E-state index in [1.54, 1.807) is 64.1 Å². The maximum Gasteiger partial charge on any atom is 0.321 e. The number of fused-ring (bicyclic) bond motifs is 2. The van der Waals surface area contributed by atoms with Crippen molar-refractivity contribution in [1.29, 1.82) is 0 Å². The van der Waals surface area contributed by atoms with Gasteiger partial charge in [-0.15, -0.1) is 5.10 Å². The molecule has 3 amide bonds. The number of benzene rings is 1. The number of pyridine rings is 1. The van der Waals surface area contributed by atoms with Gasteiger partial charge in [-0.2, -0.15) is 0 Å². The summed E-state index contributed by atoms with van der Waals surface area (Å²) >= 11 is 0. The monoisotopic (exact) mass is 551 g/mol. The van der Waals surface area contributed by atoms with Crippen LogP contribution in [-0.2, 0) is 22.7 Å². The molecule has 12 nitrogen and oxygen atoms in total. The minimum absolute atomic E-state index is 0.0364. The standard InChI is InChI=1S/C28H37N7O5/c1-20-15-35(21(2)18-36)27(37)11-7-13-34-16-23(31-32-34)19-39-25(20)17-33(3)28(38)30-22-8-6-9-24(14-22)40-26-10-4-5-12-29-26/h4-6,8-10,12,14,16,20-21,25,36H,7,11,13,15,17-19H2,1-3H3,(H,30,38)/t20-,21-,25+/m0/s1. The number of carbonyl (C=O) groups is 2. The number of aryl methyl sites for hydroxylation is 1. The summed E-state index contributed by atoms with van der Waals surface area (Å²) in [5.41, 5.74) is 1.25. The molecule has 2 aromatic heterocycles. The zero-order valence-corrected chi connectivity index (χ0v) is 23.1. The average Bonchev–Trinajstić information content (AvgIpc) is 3.41. The average molecular weight is 552 g/mol. The summed E-state index contributed by atoms with van der Waals surface area (Å²) < 4.78 is 13.7. The van der Waals surface area contributed by atoms with Crippen LogP contribution in [0.3, 0.4) is 0 Å². The van der Waals surface area contributed by atoms with Crippen LogP contribution in [0.25, 0.3) is 0 Å². The highest BCUT2D eigenvalue weighted by Crippen LogP contribution is 2.23. The van der Waals surface area contributed by atoms with Gasteiger partial charge in [0.2, 0.25) is 11.8 Å². The Balaban J connectivity index is 1.44. The zero-order chi connectivity index (χ0) is 28.5. The van der Waals surface area contributed by atoms with Crippen molar-refractivity contribution in [2.75, 3.05) is 32.1 Å². The lowest BCUT2D eigenvalue weighted by Gasteiger charge is -2.35. The number of aliphatic hydroxyl groups is 1. The lowest BCUT2D eigenvalue weighted by Crippen LogP contribution is -2.48. The van der Waals surface area contributed by atoms with Crippen molar-refractivity contribution >= 4 is 17.6 Å². The van der Waals surface area contributed by atoms with Crippen molar-refractivity contribution in [3.63, 3.8) is 0 Å². The molecule has 3 heterocycles. The summed E-state index contributed by atoms with van der Waals surface area (Å²) in [7, 11) is 1.69. The molecule has 12 heteroatoms. The molecule has 3 aromatic rings. The molecule has 214 valence electrons. The lowest BCUT2D eigenvalue weighted by molar-refractivity contribution is -0.136. The van der Waals surface area contributed by atoms with Gasteiger partial charge in [0.15, 0.2) is 0 Å². The van der Waals surface area contributed by atoms with Crippen LogP contribution in [0.2, 0.25) is 0 Å². The third-order valence-corrected chi connectivity index (χ3v) is 6.79. The summed E-state index contributed by atoms with van der Waals surface area (Å²) in [6.07, 6.45) is 4.00. The summed E-state index contributed by atoms with van der Waals surface area (Å²) in [4.78, 5) is 33.6. The second kappa shape index (κ2) is 13.9. The number of urea groups is 1. The number of carbonyl (C=O) groups excluding carboxylic acids is 2. The number of aromatic nitrogens is 4. The van der Waals surface area contributed by atoms with Crippen molar-refractivity contribution < 1.29 is 24.2 Å². The van der Waals surface area contributed by atoms with Crippen LogP contribution in [0.1, 0.15) is 32.4 Å². The number of amides is 3. The molecule has 1 aliphatic heterocycles. The Labute approximate surface area is 233 Å². The van der Waals surface area contributed by atoms with Gasteiger partial charge in [0.25, 0.3) is 0 Å². The third kappa shape index (κ3) is 7.99. The molecule has 0 fully saturated rings. The first-order valence-electron chi connectivity index (χ1n) is 13.4. The van der Waals surface area contributed by atoms with Crippen LogP contribution in [0.4, 0.5) is 10.5 Å². The summed E-state index contributed by atoms with van der Waals surface area (Å²) in [5.74, 6) is 0.822. The molecule has 1 aliphatic rings. The maximum absolute atomic E-state index is 13.1. The molecule has 2 bridgehead atoms. The molecule has 3 atom stereocenters. The first kappa shape index (κ1) is 29.0. The van der Waals surface area contributed by atoms with Crippen LogP contribution in [-0.4, -0.2) is 85.7 Å². The fraction of sp³-hybridized carbons (Fsp3) is 0.464. The summed E-state index contributed by atoms with van der Waals surface area (Å²) in [6, 6.07) is 11.8. The van der Waals surface area contributed by atoms with Crippen LogP contribution < -0.4 is 10.1 Å². The number of nitrogens with zero attached hydrogens (tertiary/aromatic N) is 6. The highest BCUT2D eigenvalue weighted by Gasteiger charge is 2.29. The van der Waals surface area contributed by atoms with Gasteiger partial charge >= 0.3 is 6.03 Å². The quantitative estimate of drug-likeness (QED) is 0.457. The Morgan fingerprint density at radius 3 is 2.92 bits per heavy atom. The highest BCUT2D eigenvalue weighted by atomic mass is 16.5. The lowest BCUT2D eigenvalue weighted by atomic mass is 10.0. The number of aliphatic hydroxyl groups excluding tert-OH is 1. The van der Waals surface area contributed by atoms with Gasteiger partial charge in [-0.05, 0) is 31.5 Å². The third-order valence-electron chi connectivity index (χ3n) is 6.79. The first-order valence-corrected chi connectivity index (χ1v) is 13.4. The maximum atomic E-state index is 13.1. The van der Waals surface area contributed by atoms with Crippen molar-refractivity contribution in [1.82, 2.24) is 29.8 Å². The second-order valence-electron chi connectivity index (χ2n) is 10.1. The van der Waals surface area contributed by atoms with Gasteiger partial charge in [-0.1, -0.05) is 24.3 Å². The van der Waals surface area contributed by atoms with E-state index < -0.39 is 6.10 Å². The molecular weight excluding hydrogens is 514 g/mol. The van der Waals surface area contributed by atoms with E-state index in [9.17, 15) is 14.7 Å². The molecule has 0 saturated carbocycles. The molecule has 0 aliphatic carbocycles. The number of anilines is 1. The second-order valence-corrected chi connectivity index (χ2v) is 10.1. The van der Waals surface area contributed by atoms with Gasteiger partial charge in [-0.25, -0.2) is 9.78 Å². The first-order chi connectivity index (χ1) is 19.3. The smallest absolute Gasteiger partial charge is 0.321 e. The molecular formula is C28H37N7O5. The molecule has 0 radical (unpaired) electrons. The normalized spacial score (nSPS) is 19.1. The van der Waals surface area contributed by atoms with E-state index in [0.29, 0.717) is 48.9 Å². The van der Waals surface area contributed by atoms with Gasteiger partial charge < -0.3 is 29.7 Å². The van der Waals surface area contributed by atoms with Crippen LogP contribution >= 0.6 is 0 Å². The fourth-order valence-electron chi connectivity index (χ4n) is 4.43. The van der Waals surface area contributed by atoms with Gasteiger partial charge in [0, 0.05) is 63.0 Å². The van der Waals surface area contributed by atoms with E-state index in [0.717, 1.165) is 0 Å². The Morgan fingerprint density at radius 2 is 2.15 bits per heavy atom. The van der Waals surface area contributed by atoms with E-state index in [1.807, 2.05) is 26.1 Å². The van der Waals surface area contributed by atoms with E-state index in [2.05, 4.69) is 20.6 Å². The fourth-order valence-corrected chi connectivity index (χ4v) is 4.43. The minimum atomic E-state index is -0.415. The van der Waals surface area contributed by atoms with E-state index in [4.69, 9.17) is 9.47 Å². The van der Waals surface area contributed by atoms with Gasteiger partial charge in [0.1, 0.15) is 11.4 Å². The van der Waals surface area contributed by atoms with Gasteiger partial charge in [-0.3, -0.25) is 9.48 Å². The van der Waals surface area contributed by atoms with Crippen molar-refractivity contribution in [2.45, 2.75) is 52.0 Å². The molecule has 0 saturated heterocycles. The molecule has 4 rings (SSSR count). The number of likely N-dealkylation sites (N-methyl/N-ethyl adjacent to an activating group) is 1. The summed E-state index contributed by atoms with van der Waals surface area (Å²) in [6.45, 7) is 5.11. The molecule has 2 N–H and O–H groups in total. The number of nitrogens with one attached hydrogen (secondary N) is 1. The van der Waals surface area contributed by atoms with Crippen molar-refractivity contribution in [2.24, 2.45) is 5.92 Å². The molecule has 40 heavy (non-hydrogen) atoms. The van der Waals surface area contributed by atoms with Crippen molar-refractivity contribution in [3.05, 3.63) is 60.6 Å². The Morgan fingerprint density at radius 1 is 1.30 bits per heavy atom. The molecule has 1 aromatic carbocycles. The van der Waals surface area contributed by atoms with E-state index in [1.165, 1.54) is 0 Å². The summed E-state index contributed by atoms with van der Waals surface area (Å²) in [5, 5.41) is 21.0. The number of rotatable bonds is 7. The largest absolute Gasteiger partial charge is 0.439 e. The van der Waals surface area contributed by atoms with Crippen LogP contribution in [0, 0.1) is 5.92 Å².